The highest BCUT2D eigenvalue weighted by Crippen LogP contribution is 2.20. The molecule has 2 heterocycles. The first kappa shape index (κ1) is 25.7. The molecule has 0 aliphatic heterocycles. The van der Waals surface area contributed by atoms with Crippen LogP contribution < -0.4 is 0 Å². The minimum Gasteiger partial charge on any atom is -0.383 e. The van der Waals surface area contributed by atoms with Gasteiger partial charge >= 0.3 is 0 Å². The van der Waals surface area contributed by atoms with Gasteiger partial charge < -0.3 is 19.1 Å². The summed E-state index contributed by atoms with van der Waals surface area (Å²) in [6.45, 7) is 10.1. The number of aryl methyl sites for hydroxylation is 1. The van der Waals surface area contributed by atoms with Crippen LogP contribution in [0.2, 0.25) is 0 Å². The van der Waals surface area contributed by atoms with E-state index in [9.17, 15) is 9.59 Å². The molecule has 0 N–H and O–H groups in total. The number of amides is 2. The highest BCUT2D eigenvalue weighted by molar-refractivity contribution is 7.12. The first-order chi connectivity index (χ1) is 16.2. The van der Waals surface area contributed by atoms with Gasteiger partial charge in [0.1, 0.15) is 6.54 Å². The van der Waals surface area contributed by atoms with Crippen molar-refractivity contribution in [2.45, 2.75) is 46.3 Å². The third-order valence-corrected chi connectivity index (χ3v) is 6.56. The van der Waals surface area contributed by atoms with E-state index in [0.29, 0.717) is 24.6 Å². The fraction of sp³-hybridized carbons (Fsp3) is 0.407. The van der Waals surface area contributed by atoms with E-state index >= 15 is 0 Å². The molecule has 3 rings (SSSR count). The van der Waals surface area contributed by atoms with Crippen LogP contribution in [0.3, 0.4) is 0 Å². The van der Waals surface area contributed by atoms with Crippen LogP contribution in [-0.2, 0) is 22.6 Å². The lowest BCUT2D eigenvalue weighted by atomic mass is 10.1. The Labute approximate surface area is 206 Å². The lowest BCUT2D eigenvalue weighted by Crippen LogP contribution is -2.50. The molecule has 34 heavy (non-hydrogen) atoms. The topological polar surface area (TPSA) is 54.8 Å². The molecule has 0 spiro atoms. The van der Waals surface area contributed by atoms with Crippen molar-refractivity contribution in [3.63, 3.8) is 0 Å². The van der Waals surface area contributed by atoms with Gasteiger partial charge in [0.25, 0.3) is 5.91 Å². The molecule has 6 nitrogen and oxygen atoms in total. The van der Waals surface area contributed by atoms with Crippen LogP contribution >= 0.6 is 11.3 Å². The molecule has 182 valence electrons. The highest BCUT2D eigenvalue weighted by Gasteiger charge is 2.30. The number of rotatable bonds is 10. The Balaban J connectivity index is 1.78. The van der Waals surface area contributed by atoms with Crippen LogP contribution in [-0.4, -0.2) is 58.5 Å². The molecule has 7 heteroatoms. The van der Waals surface area contributed by atoms with E-state index in [1.807, 2.05) is 49.4 Å². The van der Waals surface area contributed by atoms with Crippen molar-refractivity contribution in [1.29, 1.82) is 0 Å². The first-order valence-corrected chi connectivity index (χ1v) is 12.4. The van der Waals surface area contributed by atoms with Crippen molar-refractivity contribution in [3.8, 4) is 0 Å². The number of hydrogen-bond donors (Lipinski definition) is 0. The fourth-order valence-corrected chi connectivity index (χ4v) is 4.57. The fourth-order valence-electron chi connectivity index (χ4n) is 3.87. The van der Waals surface area contributed by atoms with Crippen LogP contribution in [0.1, 0.15) is 47.3 Å². The van der Waals surface area contributed by atoms with Gasteiger partial charge in [0.15, 0.2) is 0 Å². The summed E-state index contributed by atoms with van der Waals surface area (Å²) >= 11 is 1.38. The Bertz CT molecular complexity index is 1080. The van der Waals surface area contributed by atoms with Gasteiger partial charge in [-0.05, 0) is 56.8 Å². The van der Waals surface area contributed by atoms with Crippen molar-refractivity contribution in [2.24, 2.45) is 0 Å². The molecule has 2 aromatic heterocycles. The van der Waals surface area contributed by atoms with Crippen molar-refractivity contribution in [2.75, 3.05) is 26.8 Å². The number of aromatic nitrogens is 1. The molecule has 1 aromatic carbocycles. The van der Waals surface area contributed by atoms with E-state index in [0.717, 1.165) is 12.2 Å². The Morgan fingerprint density at radius 1 is 1.09 bits per heavy atom. The number of methoxy groups -OCH3 is 1. The van der Waals surface area contributed by atoms with E-state index in [1.54, 1.807) is 18.1 Å². The number of thiophene rings is 1. The third-order valence-electron chi connectivity index (χ3n) is 5.70. The molecule has 0 fully saturated rings. The van der Waals surface area contributed by atoms with Crippen LogP contribution in [0, 0.1) is 6.92 Å². The smallest absolute Gasteiger partial charge is 0.264 e. The molecule has 3 aromatic rings. The number of nitrogens with zero attached hydrogens (tertiary/aromatic N) is 3. The molecular formula is C27H35N3O3S. The second-order valence-corrected chi connectivity index (χ2v) is 10.4. The van der Waals surface area contributed by atoms with Gasteiger partial charge in [-0.15, -0.1) is 11.3 Å². The number of ether oxygens (including phenoxy) is 1. The zero-order valence-electron chi connectivity index (χ0n) is 20.8. The number of carbonyl (C=O) groups excluding carboxylic acids is 2. The van der Waals surface area contributed by atoms with E-state index in [1.165, 1.54) is 22.5 Å². The molecule has 0 saturated heterocycles. The maximum absolute atomic E-state index is 13.6. The predicted molar refractivity (Wildman–Crippen MR) is 137 cm³/mol. The Morgan fingerprint density at radius 3 is 2.53 bits per heavy atom. The largest absolute Gasteiger partial charge is 0.383 e. The van der Waals surface area contributed by atoms with E-state index < -0.39 is 5.54 Å². The van der Waals surface area contributed by atoms with Crippen LogP contribution in [0.15, 0.2) is 60.1 Å². The summed E-state index contributed by atoms with van der Waals surface area (Å²) in [5.41, 5.74) is 3.09. The maximum atomic E-state index is 13.6. The van der Waals surface area contributed by atoms with E-state index in [2.05, 4.69) is 41.8 Å². The van der Waals surface area contributed by atoms with Gasteiger partial charge in [-0.1, -0.05) is 35.9 Å². The van der Waals surface area contributed by atoms with Crippen LogP contribution in [0.4, 0.5) is 0 Å². The summed E-state index contributed by atoms with van der Waals surface area (Å²) in [7, 11) is 1.60. The van der Waals surface area contributed by atoms with Gasteiger partial charge in [-0.3, -0.25) is 9.59 Å². The summed E-state index contributed by atoms with van der Waals surface area (Å²) in [6, 6.07) is 16.2. The molecule has 2 amide bonds. The molecule has 0 saturated carbocycles. The summed E-state index contributed by atoms with van der Waals surface area (Å²) in [5.74, 6) is -0.228. The number of carbonyl (C=O) groups is 2. The number of benzene rings is 1. The summed E-state index contributed by atoms with van der Waals surface area (Å²) < 4.78 is 7.38. The van der Waals surface area contributed by atoms with Crippen molar-refractivity contribution < 1.29 is 14.3 Å². The molecule has 0 radical (unpaired) electrons. The third kappa shape index (κ3) is 6.81. The molecular weight excluding hydrogens is 446 g/mol. The van der Waals surface area contributed by atoms with Gasteiger partial charge in [0.2, 0.25) is 5.91 Å². The normalized spacial score (nSPS) is 11.4. The monoisotopic (exact) mass is 481 g/mol. The standard InChI is InChI=1S/C27H35N3O3S/c1-21-9-6-10-22(17-21)18-28-13-7-11-23(28)19-30(27(2,3)4)25(31)20-29(14-15-33-5)26(32)24-12-8-16-34-24/h6-13,16-17H,14-15,18-20H2,1-5H3. The average Bonchev–Trinajstić information content (AvgIpc) is 3.46. The second-order valence-electron chi connectivity index (χ2n) is 9.46. The molecule has 0 bridgehead atoms. The zero-order valence-corrected chi connectivity index (χ0v) is 21.6. The highest BCUT2D eigenvalue weighted by atomic mass is 32.1. The van der Waals surface area contributed by atoms with Crippen LogP contribution in [0.25, 0.3) is 0 Å². The zero-order chi connectivity index (χ0) is 24.7. The average molecular weight is 482 g/mol. The molecule has 0 unspecified atom stereocenters. The van der Waals surface area contributed by atoms with Crippen molar-refractivity contribution in [1.82, 2.24) is 14.4 Å². The van der Waals surface area contributed by atoms with E-state index in [4.69, 9.17) is 4.74 Å². The summed E-state index contributed by atoms with van der Waals surface area (Å²) in [4.78, 5) is 30.7. The minimum absolute atomic E-state index is 0.00987. The van der Waals surface area contributed by atoms with Crippen molar-refractivity contribution in [3.05, 3.63) is 81.8 Å². The van der Waals surface area contributed by atoms with Crippen LogP contribution in [0.5, 0.6) is 0 Å². The Kier molecular flexibility index (Phi) is 8.69. The Morgan fingerprint density at radius 2 is 1.88 bits per heavy atom. The quantitative estimate of drug-likeness (QED) is 0.417. The van der Waals surface area contributed by atoms with Gasteiger partial charge in [0.05, 0.1) is 18.0 Å². The van der Waals surface area contributed by atoms with Crippen molar-refractivity contribution >= 4 is 23.2 Å². The summed E-state index contributed by atoms with van der Waals surface area (Å²) in [6.07, 6.45) is 2.05. The van der Waals surface area contributed by atoms with Gasteiger partial charge in [-0.2, -0.15) is 0 Å². The number of hydrogen-bond acceptors (Lipinski definition) is 4. The van der Waals surface area contributed by atoms with E-state index in [-0.39, 0.29) is 18.4 Å². The SMILES string of the molecule is COCCN(CC(=O)N(Cc1cccn1Cc1cccc(C)c1)C(C)(C)C)C(=O)c1cccs1. The minimum atomic E-state index is -0.408. The predicted octanol–water partition coefficient (Wildman–Crippen LogP) is 4.82. The van der Waals surface area contributed by atoms with Gasteiger partial charge in [0, 0.05) is 37.6 Å². The van der Waals surface area contributed by atoms with Gasteiger partial charge in [-0.25, -0.2) is 0 Å². The Hall–Kier alpha value is -2.90. The lowest BCUT2D eigenvalue weighted by molar-refractivity contribution is -0.137. The summed E-state index contributed by atoms with van der Waals surface area (Å²) in [5, 5.41) is 1.87. The molecule has 0 atom stereocenters. The second kappa shape index (κ2) is 11.5. The molecule has 0 aliphatic rings. The molecule has 0 aliphatic carbocycles. The first-order valence-electron chi connectivity index (χ1n) is 11.5. The maximum Gasteiger partial charge on any atom is 0.264 e. The lowest BCUT2D eigenvalue weighted by Gasteiger charge is -2.37.